The zero-order chi connectivity index (χ0) is 13.7. The van der Waals surface area contributed by atoms with Gasteiger partial charge in [-0.1, -0.05) is 24.3 Å². The summed E-state index contributed by atoms with van der Waals surface area (Å²) in [6.45, 7) is 2.53. The highest BCUT2D eigenvalue weighted by atomic mass is 32.2. The molecule has 0 spiro atoms. The summed E-state index contributed by atoms with van der Waals surface area (Å²) in [4.78, 5) is 0. The number of ether oxygens (including phenoxy) is 1. The molecule has 0 bridgehead atoms. The zero-order valence-corrected chi connectivity index (χ0v) is 12.4. The average molecular weight is 295 g/mol. The molecule has 2 rings (SSSR count). The van der Waals surface area contributed by atoms with Gasteiger partial charge in [-0.2, -0.15) is 0 Å². The fourth-order valence-electron chi connectivity index (χ4n) is 1.80. The van der Waals surface area contributed by atoms with Gasteiger partial charge >= 0.3 is 0 Å². The summed E-state index contributed by atoms with van der Waals surface area (Å²) < 4.78 is 18.6. The van der Waals surface area contributed by atoms with E-state index < -0.39 is 10.8 Å². The van der Waals surface area contributed by atoms with Gasteiger partial charge in [-0.05, 0) is 24.4 Å². The Morgan fingerprint density at radius 3 is 2.79 bits per heavy atom. The minimum atomic E-state index is -1.06. The van der Waals surface area contributed by atoms with Crippen LogP contribution >= 0.6 is 11.3 Å². The molecule has 0 radical (unpaired) electrons. The Morgan fingerprint density at radius 2 is 2.11 bits per heavy atom. The van der Waals surface area contributed by atoms with E-state index >= 15 is 0 Å². The van der Waals surface area contributed by atoms with Crippen molar-refractivity contribution < 1.29 is 8.95 Å². The van der Waals surface area contributed by atoms with Gasteiger partial charge in [-0.3, -0.25) is 4.21 Å². The van der Waals surface area contributed by atoms with E-state index in [4.69, 9.17) is 10.5 Å². The van der Waals surface area contributed by atoms with Gasteiger partial charge in [0.05, 0.1) is 21.6 Å². The van der Waals surface area contributed by atoms with Gasteiger partial charge in [-0.15, -0.1) is 11.3 Å². The molecule has 0 fully saturated rings. The smallest absolute Gasteiger partial charge is 0.124 e. The van der Waals surface area contributed by atoms with E-state index in [1.807, 2.05) is 48.7 Å². The van der Waals surface area contributed by atoms with Crippen molar-refractivity contribution in [3.05, 3.63) is 47.3 Å². The van der Waals surface area contributed by atoms with Gasteiger partial charge in [0.2, 0.25) is 0 Å². The predicted octanol–water partition coefficient (Wildman–Crippen LogP) is 2.95. The van der Waals surface area contributed by atoms with Crippen molar-refractivity contribution in [2.45, 2.75) is 17.2 Å². The first-order chi connectivity index (χ1) is 9.22. The molecule has 0 aliphatic rings. The molecule has 0 saturated heterocycles. The second-order valence-electron chi connectivity index (χ2n) is 4.02. The van der Waals surface area contributed by atoms with Crippen LogP contribution in [-0.4, -0.2) is 16.6 Å². The summed E-state index contributed by atoms with van der Waals surface area (Å²) in [5.74, 6) is 1.19. The summed E-state index contributed by atoms with van der Waals surface area (Å²) in [7, 11) is -1.06. The second kappa shape index (κ2) is 6.84. The molecular formula is C14H17NO2S2. The highest BCUT2D eigenvalue weighted by molar-refractivity contribution is 7.87. The van der Waals surface area contributed by atoms with Gasteiger partial charge in [0.25, 0.3) is 0 Å². The largest absolute Gasteiger partial charge is 0.494 e. The maximum absolute atomic E-state index is 12.2. The van der Waals surface area contributed by atoms with Crippen molar-refractivity contribution in [1.82, 2.24) is 0 Å². The fraction of sp³-hybridized carbons (Fsp3) is 0.286. The van der Waals surface area contributed by atoms with Crippen LogP contribution in [0.5, 0.6) is 5.75 Å². The Morgan fingerprint density at radius 1 is 1.32 bits per heavy atom. The maximum atomic E-state index is 12.2. The third-order valence-corrected chi connectivity index (χ3v) is 5.42. The Balaban J connectivity index is 2.11. The monoisotopic (exact) mass is 295 g/mol. The second-order valence-corrected chi connectivity index (χ2v) is 6.69. The highest BCUT2D eigenvalue weighted by Crippen LogP contribution is 2.26. The minimum Gasteiger partial charge on any atom is -0.494 e. The Hall–Kier alpha value is -1.17. The van der Waals surface area contributed by atoms with Gasteiger partial charge in [0, 0.05) is 17.4 Å². The normalized spacial score (nSPS) is 14.0. The van der Waals surface area contributed by atoms with Crippen LogP contribution in [0.2, 0.25) is 0 Å². The van der Waals surface area contributed by atoms with E-state index in [1.165, 1.54) is 11.3 Å². The van der Waals surface area contributed by atoms with Crippen LogP contribution in [0.1, 0.15) is 18.5 Å². The molecule has 2 atom stereocenters. The van der Waals surface area contributed by atoms with Gasteiger partial charge in [0.15, 0.2) is 0 Å². The molecule has 1 aromatic heterocycles. The SMILES string of the molecule is CCOc1ccccc1C(N)CS(=O)c1cccs1. The lowest BCUT2D eigenvalue weighted by Gasteiger charge is -2.15. The minimum absolute atomic E-state index is 0.286. The third-order valence-electron chi connectivity index (χ3n) is 2.67. The van der Waals surface area contributed by atoms with Gasteiger partial charge in [-0.25, -0.2) is 0 Å². The van der Waals surface area contributed by atoms with Gasteiger partial charge < -0.3 is 10.5 Å². The summed E-state index contributed by atoms with van der Waals surface area (Å²) in [5, 5.41) is 1.92. The standard InChI is InChI=1S/C14H17NO2S2/c1-2-17-13-7-4-3-6-11(13)12(15)10-19(16)14-8-5-9-18-14/h3-9,12H,2,10,15H2,1H3. The number of hydrogen-bond donors (Lipinski definition) is 1. The Labute approximate surface area is 119 Å². The molecule has 0 amide bonds. The molecule has 2 aromatic rings. The van der Waals surface area contributed by atoms with Gasteiger partial charge in [0.1, 0.15) is 5.75 Å². The lowest BCUT2D eigenvalue weighted by Crippen LogP contribution is -2.19. The first-order valence-electron chi connectivity index (χ1n) is 6.11. The van der Waals surface area contributed by atoms with E-state index in [0.717, 1.165) is 15.5 Å². The van der Waals surface area contributed by atoms with E-state index in [9.17, 15) is 4.21 Å². The molecule has 2 unspecified atom stereocenters. The fourth-order valence-corrected chi connectivity index (χ4v) is 3.95. The molecule has 102 valence electrons. The van der Waals surface area contributed by atoms with Crippen molar-refractivity contribution in [1.29, 1.82) is 0 Å². The number of para-hydroxylation sites is 1. The summed E-state index contributed by atoms with van der Waals surface area (Å²) in [6.07, 6.45) is 0. The molecule has 1 aromatic carbocycles. The molecule has 0 saturated carbocycles. The Kier molecular flexibility index (Phi) is 5.13. The van der Waals surface area contributed by atoms with Crippen LogP contribution in [-0.2, 0) is 10.8 Å². The van der Waals surface area contributed by atoms with Crippen molar-refractivity contribution >= 4 is 22.1 Å². The number of benzene rings is 1. The van der Waals surface area contributed by atoms with E-state index in [2.05, 4.69) is 0 Å². The van der Waals surface area contributed by atoms with E-state index in [1.54, 1.807) is 0 Å². The molecule has 5 heteroatoms. The van der Waals surface area contributed by atoms with Crippen LogP contribution in [0.4, 0.5) is 0 Å². The first kappa shape index (κ1) is 14.2. The van der Waals surface area contributed by atoms with Crippen LogP contribution in [0.25, 0.3) is 0 Å². The zero-order valence-electron chi connectivity index (χ0n) is 10.7. The number of nitrogens with two attached hydrogens (primary N) is 1. The number of hydrogen-bond acceptors (Lipinski definition) is 4. The van der Waals surface area contributed by atoms with Crippen molar-refractivity contribution in [2.24, 2.45) is 5.73 Å². The summed E-state index contributed by atoms with van der Waals surface area (Å²) >= 11 is 1.50. The van der Waals surface area contributed by atoms with E-state index in [0.29, 0.717) is 12.4 Å². The van der Waals surface area contributed by atoms with E-state index in [-0.39, 0.29) is 6.04 Å². The average Bonchev–Trinajstić information content (AvgIpc) is 2.93. The highest BCUT2D eigenvalue weighted by Gasteiger charge is 2.16. The van der Waals surface area contributed by atoms with Crippen molar-refractivity contribution in [2.75, 3.05) is 12.4 Å². The summed E-state index contributed by atoms with van der Waals surface area (Å²) in [6, 6.07) is 11.2. The van der Waals surface area contributed by atoms with Crippen LogP contribution < -0.4 is 10.5 Å². The predicted molar refractivity (Wildman–Crippen MR) is 80.1 cm³/mol. The molecule has 3 nitrogen and oxygen atoms in total. The molecule has 1 heterocycles. The first-order valence-corrected chi connectivity index (χ1v) is 8.31. The molecule has 19 heavy (non-hydrogen) atoms. The third kappa shape index (κ3) is 3.65. The van der Waals surface area contributed by atoms with Crippen LogP contribution in [0.3, 0.4) is 0 Å². The number of thiophene rings is 1. The quantitative estimate of drug-likeness (QED) is 0.891. The number of rotatable bonds is 6. The lowest BCUT2D eigenvalue weighted by molar-refractivity contribution is 0.335. The lowest BCUT2D eigenvalue weighted by atomic mass is 10.1. The summed E-state index contributed by atoms with van der Waals surface area (Å²) in [5.41, 5.74) is 7.08. The topological polar surface area (TPSA) is 52.3 Å². The van der Waals surface area contributed by atoms with Crippen LogP contribution in [0, 0.1) is 0 Å². The molecule has 0 aliphatic carbocycles. The Bertz CT molecular complexity index is 540. The molecular weight excluding hydrogens is 278 g/mol. The molecule has 2 N–H and O–H groups in total. The van der Waals surface area contributed by atoms with Crippen LogP contribution in [0.15, 0.2) is 46.0 Å². The van der Waals surface area contributed by atoms with Crippen molar-refractivity contribution in [3.8, 4) is 5.75 Å². The molecule has 0 aliphatic heterocycles. The van der Waals surface area contributed by atoms with Crippen molar-refractivity contribution in [3.63, 3.8) is 0 Å². The maximum Gasteiger partial charge on any atom is 0.124 e.